The van der Waals surface area contributed by atoms with E-state index < -0.39 is 5.97 Å². The van der Waals surface area contributed by atoms with Crippen molar-refractivity contribution in [3.8, 4) is 11.3 Å². The highest BCUT2D eigenvalue weighted by Gasteiger charge is 2.10. The number of aryl methyl sites for hydroxylation is 2. The summed E-state index contributed by atoms with van der Waals surface area (Å²) in [4.78, 5) is 10.5. The van der Waals surface area contributed by atoms with Gasteiger partial charge in [-0.05, 0) is 31.0 Å². The van der Waals surface area contributed by atoms with E-state index in [0.29, 0.717) is 11.5 Å². The molecule has 0 aliphatic heterocycles. The van der Waals surface area contributed by atoms with Crippen molar-refractivity contribution in [2.45, 2.75) is 20.3 Å². The Morgan fingerprint density at radius 3 is 2.71 bits per heavy atom. The van der Waals surface area contributed by atoms with Gasteiger partial charge in [-0.3, -0.25) is 4.79 Å². The first-order valence-electron chi connectivity index (χ1n) is 5.31. The largest absolute Gasteiger partial charge is 0.481 e. The first-order chi connectivity index (χ1) is 8.06. The molecule has 0 radical (unpaired) electrons. The lowest BCUT2D eigenvalue weighted by Gasteiger charge is -2.01. The van der Waals surface area contributed by atoms with Gasteiger partial charge in [-0.25, -0.2) is 0 Å². The summed E-state index contributed by atoms with van der Waals surface area (Å²) in [6.45, 7) is 4.06. The van der Waals surface area contributed by atoms with Crippen LogP contribution in [0.25, 0.3) is 11.3 Å². The molecular weight excluding hydrogens is 218 g/mol. The van der Waals surface area contributed by atoms with Crippen LogP contribution in [0.4, 0.5) is 0 Å². The second-order valence-electron chi connectivity index (χ2n) is 4.05. The molecule has 4 heteroatoms. The van der Waals surface area contributed by atoms with Gasteiger partial charge in [0.2, 0.25) is 0 Å². The number of carboxylic acids is 1. The number of aliphatic carboxylic acids is 1. The average Bonchev–Trinajstić information content (AvgIpc) is 2.69. The van der Waals surface area contributed by atoms with Crippen molar-refractivity contribution >= 4 is 5.97 Å². The molecule has 0 amide bonds. The molecule has 88 valence electrons. The molecule has 0 atom stereocenters. The van der Waals surface area contributed by atoms with Gasteiger partial charge in [0.25, 0.3) is 0 Å². The van der Waals surface area contributed by atoms with Crippen molar-refractivity contribution in [1.29, 1.82) is 0 Å². The lowest BCUT2D eigenvalue weighted by molar-refractivity contribution is -0.136. The standard InChI is InChI=1S/C13H13NO3/c1-8-3-4-10(5-9(8)2)12-6-11(14-17-12)7-13(15)16/h3-6H,7H2,1-2H3,(H,15,16). The zero-order valence-electron chi connectivity index (χ0n) is 9.73. The molecule has 0 saturated heterocycles. The number of hydrogen-bond donors (Lipinski definition) is 1. The molecule has 1 aromatic heterocycles. The van der Waals surface area contributed by atoms with Crippen molar-refractivity contribution in [1.82, 2.24) is 5.16 Å². The predicted octanol–water partition coefficient (Wildman–Crippen LogP) is 2.59. The SMILES string of the molecule is Cc1ccc(-c2cc(CC(=O)O)no2)cc1C. The van der Waals surface area contributed by atoms with E-state index in [9.17, 15) is 4.79 Å². The van der Waals surface area contributed by atoms with Crippen LogP contribution in [-0.4, -0.2) is 16.2 Å². The highest BCUT2D eigenvalue weighted by molar-refractivity contribution is 5.70. The molecule has 2 rings (SSSR count). The Labute approximate surface area is 98.9 Å². The van der Waals surface area contributed by atoms with Crippen molar-refractivity contribution in [3.05, 3.63) is 41.1 Å². The van der Waals surface area contributed by atoms with Crippen molar-refractivity contribution in [2.24, 2.45) is 0 Å². The summed E-state index contributed by atoms with van der Waals surface area (Å²) in [7, 11) is 0. The summed E-state index contributed by atoms with van der Waals surface area (Å²) in [5.41, 5.74) is 3.72. The summed E-state index contributed by atoms with van der Waals surface area (Å²) >= 11 is 0. The fourth-order valence-corrected chi connectivity index (χ4v) is 1.58. The fourth-order valence-electron chi connectivity index (χ4n) is 1.58. The molecule has 0 unspecified atom stereocenters. The molecule has 4 nitrogen and oxygen atoms in total. The van der Waals surface area contributed by atoms with Gasteiger partial charge in [0.05, 0.1) is 12.1 Å². The van der Waals surface area contributed by atoms with E-state index in [0.717, 1.165) is 5.56 Å². The maximum Gasteiger partial charge on any atom is 0.309 e. The monoisotopic (exact) mass is 231 g/mol. The second-order valence-corrected chi connectivity index (χ2v) is 4.05. The zero-order valence-corrected chi connectivity index (χ0v) is 9.73. The third-order valence-corrected chi connectivity index (χ3v) is 2.68. The molecule has 1 heterocycles. The van der Waals surface area contributed by atoms with Gasteiger partial charge in [0.1, 0.15) is 0 Å². The third kappa shape index (κ3) is 2.53. The number of carboxylic acid groups (broad SMARTS) is 1. The molecule has 0 spiro atoms. The smallest absolute Gasteiger partial charge is 0.309 e. The molecule has 0 saturated carbocycles. The Morgan fingerprint density at radius 1 is 1.29 bits per heavy atom. The zero-order chi connectivity index (χ0) is 12.4. The summed E-state index contributed by atoms with van der Waals surface area (Å²) in [6, 6.07) is 7.61. The highest BCUT2D eigenvalue weighted by atomic mass is 16.5. The van der Waals surface area contributed by atoms with Crippen molar-refractivity contribution in [2.75, 3.05) is 0 Å². The van der Waals surface area contributed by atoms with Crippen LogP contribution in [0.1, 0.15) is 16.8 Å². The second kappa shape index (κ2) is 4.41. The van der Waals surface area contributed by atoms with Gasteiger partial charge in [-0.15, -0.1) is 0 Å². The maximum absolute atomic E-state index is 10.5. The van der Waals surface area contributed by atoms with Gasteiger partial charge in [-0.1, -0.05) is 17.3 Å². The van der Waals surface area contributed by atoms with E-state index in [4.69, 9.17) is 9.63 Å². The Kier molecular flexibility index (Phi) is 2.95. The Morgan fingerprint density at radius 2 is 2.06 bits per heavy atom. The normalized spacial score (nSPS) is 10.5. The molecule has 0 bridgehead atoms. The first kappa shape index (κ1) is 11.4. The molecule has 17 heavy (non-hydrogen) atoms. The van der Waals surface area contributed by atoms with E-state index >= 15 is 0 Å². The van der Waals surface area contributed by atoms with Crippen LogP contribution in [0.15, 0.2) is 28.8 Å². The van der Waals surface area contributed by atoms with E-state index in [1.807, 2.05) is 32.0 Å². The fraction of sp³-hybridized carbons (Fsp3) is 0.231. The summed E-state index contributed by atoms with van der Waals surface area (Å²) < 4.78 is 5.13. The minimum atomic E-state index is -0.912. The molecule has 0 aliphatic rings. The third-order valence-electron chi connectivity index (χ3n) is 2.68. The maximum atomic E-state index is 10.5. The van der Waals surface area contributed by atoms with Crippen molar-refractivity contribution in [3.63, 3.8) is 0 Å². The van der Waals surface area contributed by atoms with Gasteiger partial charge < -0.3 is 9.63 Å². The number of hydrogen-bond acceptors (Lipinski definition) is 3. The van der Waals surface area contributed by atoms with E-state index in [1.165, 1.54) is 11.1 Å². The number of rotatable bonds is 3. The summed E-state index contributed by atoms with van der Waals surface area (Å²) in [5.74, 6) is -0.311. The Bertz CT molecular complexity index is 558. The average molecular weight is 231 g/mol. The number of carbonyl (C=O) groups is 1. The molecule has 1 N–H and O–H groups in total. The van der Waals surface area contributed by atoms with E-state index in [1.54, 1.807) is 6.07 Å². The van der Waals surface area contributed by atoms with E-state index in [2.05, 4.69) is 5.16 Å². The van der Waals surface area contributed by atoms with Crippen LogP contribution in [-0.2, 0) is 11.2 Å². The summed E-state index contributed by atoms with van der Waals surface area (Å²) in [5, 5.41) is 12.4. The molecule has 0 aliphatic carbocycles. The van der Waals surface area contributed by atoms with Crippen LogP contribution in [0, 0.1) is 13.8 Å². The number of nitrogens with zero attached hydrogens (tertiary/aromatic N) is 1. The molecule has 0 fully saturated rings. The molecule has 1 aromatic carbocycles. The minimum absolute atomic E-state index is 0.117. The minimum Gasteiger partial charge on any atom is -0.481 e. The highest BCUT2D eigenvalue weighted by Crippen LogP contribution is 2.23. The van der Waals surface area contributed by atoms with Crippen LogP contribution < -0.4 is 0 Å². The Balaban J connectivity index is 2.30. The van der Waals surface area contributed by atoms with Crippen molar-refractivity contribution < 1.29 is 14.4 Å². The quantitative estimate of drug-likeness (QED) is 0.881. The van der Waals surface area contributed by atoms with Crippen LogP contribution >= 0.6 is 0 Å². The molecule has 2 aromatic rings. The number of aromatic nitrogens is 1. The topological polar surface area (TPSA) is 63.3 Å². The summed E-state index contributed by atoms with van der Waals surface area (Å²) in [6.07, 6.45) is -0.117. The predicted molar refractivity (Wildman–Crippen MR) is 62.8 cm³/mol. The van der Waals surface area contributed by atoms with Gasteiger partial charge >= 0.3 is 5.97 Å². The van der Waals surface area contributed by atoms with Crippen LogP contribution in [0.2, 0.25) is 0 Å². The van der Waals surface area contributed by atoms with E-state index in [-0.39, 0.29) is 6.42 Å². The van der Waals surface area contributed by atoms with Gasteiger partial charge in [-0.2, -0.15) is 0 Å². The van der Waals surface area contributed by atoms with Crippen LogP contribution in [0.5, 0.6) is 0 Å². The van der Waals surface area contributed by atoms with Gasteiger partial charge in [0, 0.05) is 11.6 Å². The van der Waals surface area contributed by atoms with Crippen LogP contribution in [0.3, 0.4) is 0 Å². The lowest BCUT2D eigenvalue weighted by Crippen LogP contribution is -1.99. The molecular formula is C13H13NO3. The van der Waals surface area contributed by atoms with Gasteiger partial charge in [0.15, 0.2) is 5.76 Å². The number of benzene rings is 1. The lowest BCUT2D eigenvalue weighted by atomic mass is 10.0. The Hall–Kier alpha value is -2.10. The first-order valence-corrected chi connectivity index (χ1v) is 5.31.